The first kappa shape index (κ1) is 15.0. The fraction of sp³-hybridized carbons (Fsp3) is 0.600. The van der Waals surface area contributed by atoms with Crippen LogP contribution in [0.2, 0.25) is 0 Å². The summed E-state index contributed by atoms with van der Waals surface area (Å²) in [5.41, 5.74) is 4.29. The van der Waals surface area contributed by atoms with Crippen molar-refractivity contribution in [2.75, 3.05) is 0 Å². The molecule has 3 N–H and O–H groups in total. The Hall–Kier alpha value is -0.420. The molecular weight excluding hydrogens is 304 g/mol. The number of halogens is 1. The molecule has 1 aliphatic rings. The molecule has 0 aliphatic carbocycles. The molecule has 19 heavy (non-hydrogen) atoms. The van der Waals surface area contributed by atoms with Crippen molar-refractivity contribution in [1.82, 2.24) is 5.43 Å². The van der Waals surface area contributed by atoms with Crippen LogP contribution < -0.4 is 11.3 Å². The predicted molar refractivity (Wildman–Crippen MR) is 81.6 cm³/mol. The number of ether oxygens (including phenoxy) is 1. The topological polar surface area (TPSA) is 47.3 Å². The van der Waals surface area contributed by atoms with Gasteiger partial charge in [-0.15, -0.1) is 0 Å². The number of hydrazine groups is 1. The van der Waals surface area contributed by atoms with Gasteiger partial charge in [-0.3, -0.25) is 11.3 Å². The average molecular weight is 327 g/mol. The first-order valence-electron chi connectivity index (χ1n) is 6.89. The molecule has 1 aromatic carbocycles. The Morgan fingerprint density at radius 1 is 1.32 bits per heavy atom. The predicted octanol–water partition coefficient (Wildman–Crippen LogP) is 2.88. The van der Waals surface area contributed by atoms with Gasteiger partial charge in [0.05, 0.1) is 12.2 Å². The summed E-state index contributed by atoms with van der Waals surface area (Å²) < 4.78 is 7.03. The van der Waals surface area contributed by atoms with E-state index in [1.54, 1.807) is 0 Å². The highest BCUT2D eigenvalue weighted by Gasteiger charge is 2.41. The standard InChI is InChI=1S/C15H23BrN2O/c1-9-10(2)19-11(3)15(9)14(18-17)8-12-5-4-6-13(16)7-12/h4-7,9-11,14-15,18H,8,17H2,1-3H3. The summed E-state index contributed by atoms with van der Waals surface area (Å²) in [6, 6.07) is 8.64. The molecule has 0 spiro atoms. The number of benzene rings is 1. The zero-order valence-corrected chi connectivity index (χ0v) is 13.4. The van der Waals surface area contributed by atoms with Crippen LogP contribution in [0, 0.1) is 11.8 Å². The van der Waals surface area contributed by atoms with E-state index in [-0.39, 0.29) is 12.1 Å². The van der Waals surface area contributed by atoms with Crippen LogP contribution in [0.25, 0.3) is 0 Å². The summed E-state index contributed by atoms with van der Waals surface area (Å²) >= 11 is 3.51. The maximum Gasteiger partial charge on any atom is 0.0597 e. The van der Waals surface area contributed by atoms with Crippen molar-refractivity contribution < 1.29 is 4.74 Å². The number of hydrogen-bond acceptors (Lipinski definition) is 3. The lowest BCUT2D eigenvalue weighted by Crippen LogP contribution is -2.46. The van der Waals surface area contributed by atoms with Crippen LogP contribution in [0.5, 0.6) is 0 Å². The second kappa shape index (κ2) is 6.35. The van der Waals surface area contributed by atoms with Crippen molar-refractivity contribution in [1.29, 1.82) is 0 Å². The first-order valence-corrected chi connectivity index (χ1v) is 7.68. The molecule has 0 aromatic heterocycles. The molecular formula is C15H23BrN2O. The van der Waals surface area contributed by atoms with Gasteiger partial charge in [0.2, 0.25) is 0 Å². The van der Waals surface area contributed by atoms with E-state index in [2.05, 4.69) is 60.3 Å². The molecule has 1 aliphatic heterocycles. The van der Waals surface area contributed by atoms with E-state index < -0.39 is 0 Å². The Kier molecular flexibility index (Phi) is 5.01. The highest BCUT2D eigenvalue weighted by molar-refractivity contribution is 9.10. The smallest absolute Gasteiger partial charge is 0.0597 e. The van der Waals surface area contributed by atoms with Gasteiger partial charge in [0.1, 0.15) is 0 Å². The second-order valence-electron chi connectivity index (χ2n) is 5.59. The van der Waals surface area contributed by atoms with Crippen LogP contribution in [-0.2, 0) is 11.2 Å². The Balaban J connectivity index is 2.12. The molecule has 1 fully saturated rings. The Labute approximate surface area is 124 Å². The first-order chi connectivity index (χ1) is 9.02. The molecule has 2 rings (SSSR count). The lowest BCUT2D eigenvalue weighted by molar-refractivity contribution is 0.0476. The van der Waals surface area contributed by atoms with Crippen molar-refractivity contribution in [2.45, 2.75) is 45.4 Å². The number of hydrogen-bond donors (Lipinski definition) is 2. The lowest BCUT2D eigenvalue weighted by atomic mass is 9.81. The minimum absolute atomic E-state index is 0.240. The minimum Gasteiger partial charge on any atom is -0.375 e. The highest BCUT2D eigenvalue weighted by Crippen LogP contribution is 2.35. The summed E-state index contributed by atoms with van der Waals surface area (Å²) in [4.78, 5) is 0. The molecule has 5 atom stereocenters. The zero-order chi connectivity index (χ0) is 14.0. The van der Waals surface area contributed by atoms with E-state index in [9.17, 15) is 0 Å². The van der Waals surface area contributed by atoms with Gasteiger partial charge < -0.3 is 4.74 Å². The number of nitrogens with one attached hydrogen (secondary N) is 1. The summed E-state index contributed by atoms with van der Waals surface area (Å²) in [5, 5.41) is 0. The highest BCUT2D eigenvalue weighted by atomic mass is 79.9. The molecule has 0 saturated carbocycles. The SMILES string of the molecule is CC1OC(C)C(C(Cc2cccc(Br)c2)NN)C1C. The monoisotopic (exact) mass is 326 g/mol. The molecule has 3 nitrogen and oxygen atoms in total. The van der Waals surface area contributed by atoms with Gasteiger partial charge in [-0.2, -0.15) is 0 Å². The summed E-state index contributed by atoms with van der Waals surface area (Å²) in [7, 11) is 0. The molecule has 4 heteroatoms. The van der Waals surface area contributed by atoms with Crippen molar-refractivity contribution in [3.63, 3.8) is 0 Å². The molecule has 0 amide bonds. The third kappa shape index (κ3) is 3.37. The molecule has 1 saturated heterocycles. The van der Waals surface area contributed by atoms with Crippen LogP contribution >= 0.6 is 15.9 Å². The van der Waals surface area contributed by atoms with Crippen molar-refractivity contribution in [3.8, 4) is 0 Å². The molecule has 0 bridgehead atoms. The van der Waals surface area contributed by atoms with Crippen molar-refractivity contribution in [2.24, 2.45) is 17.7 Å². The largest absolute Gasteiger partial charge is 0.375 e. The molecule has 1 aromatic rings. The van der Waals surface area contributed by atoms with Gasteiger partial charge in [0.25, 0.3) is 0 Å². The second-order valence-corrected chi connectivity index (χ2v) is 6.51. The van der Waals surface area contributed by atoms with E-state index >= 15 is 0 Å². The molecule has 5 unspecified atom stereocenters. The van der Waals surface area contributed by atoms with Crippen molar-refractivity contribution in [3.05, 3.63) is 34.3 Å². The molecule has 0 radical (unpaired) electrons. The van der Waals surface area contributed by atoms with Gasteiger partial charge in [-0.1, -0.05) is 35.0 Å². The van der Waals surface area contributed by atoms with Gasteiger partial charge in [0, 0.05) is 16.4 Å². The van der Waals surface area contributed by atoms with E-state index in [0.717, 1.165) is 10.9 Å². The number of rotatable bonds is 4. The summed E-state index contributed by atoms with van der Waals surface area (Å²) in [6.07, 6.45) is 1.47. The Morgan fingerprint density at radius 3 is 2.58 bits per heavy atom. The van der Waals surface area contributed by atoms with Crippen LogP contribution in [0.15, 0.2) is 28.7 Å². The van der Waals surface area contributed by atoms with E-state index in [0.29, 0.717) is 17.9 Å². The fourth-order valence-electron chi connectivity index (χ4n) is 3.21. The van der Waals surface area contributed by atoms with Gasteiger partial charge >= 0.3 is 0 Å². The van der Waals surface area contributed by atoms with E-state index in [1.165, 1.54) is 5.56 Å². The normalized spacial score (nSPS) is 32.5. The van der Waals surface area contributed by atoms with E-state index in [4.69, 9.17) is 10.6 Å². The Bertz CT molecular complexity index is 426. The van der Waals surface area contributed by atoms with E-state index in [1.807, 2.05) is 6.07 Å². The summed E-state index contributed by atoms with van der Waals surface area (Å²) in [6.45, 7) is 6.55. The van der Waals surface area contributed by atoms with Gasteiger partial charge in [0.15, 0.2) is 0 Å². The maximum atomic E-state index is 5.93. The minimum atomic E-state index is 0.240. The average Bonchev–Trinajstić information content (AvgIpc) is 2.61. The van der Waals surface area contributed by atoms with Crippen LogP contribution in [0.4, 0.5) is 0 Å². The summed E-state index contributed by atoms with van der Waals surface area (Å²) in [5.74, 6) is 6.75. The lowest BCUT2D eigenvalue weighted by Gasteiger charge is -2.28. The van der Waals surface area contributed by atoms with Crippen LogP contribution in [0.1, 0.15) is 26.3 Å². The third-order valence-corrected chi connectivity index (χ3v) is 4.84. The van der Waals surface area contributed by atoms with Gasteiger partial charge in [-0.25, -0.2) is 0 Å². The van der Waals surface area contributed by atoms with Crippen LogP contribution in [-0.4, -0.2) is 18.2 Å². The quantitative estimate of drug-likeness (QED) is 0.660. The fourth-order valence-corrected chi connectivity index (χ4v) is 3.66. The van der Waals surface area contributed by atoms with Crippen LogP contribution in [0.3, 0.4) is 0 Å². The molecule has 1 heterocycles. The van der Waals surface area contributed by atoms with Crippen molar-refractivity contribution >= 4 is 15.9 Å². The van der Waals surface area contributed by atoms with Gasteiger partial charge in [-0.05, 0) is 43.9 Å². The molecule has 106 valence electrons. The maximum absolute atomic E-state index is 5.93. The Morgan fingerprint density at radius 2 is 2.05 bits per heavy atom. The third-order valence-electron chi connectivity index (χ3n) is 4.34. The number of nitrogens with two attached hydrogens (primary N) is 1. The zero-order valence-electron chi connectivity index (χ0n) is 11.8.